The van der Waals surface area contributed by atoms with Crippen molar-refractivity contribution in [3.05, 3.63) is 162 Å². The van der Waals surface area contributed by atoms with Crippen LogP contribution in [0, 0.1) is 0 Å². The minimum atomic E-state index is 0.687. The van der Waals surface area contributed by atoms with Gasteiger partial charge in [-0.15, -0.1) is 11.3 Å². The molecule has 0 fully saturated rings. The lowest BCUT2D eigenvalue weighted by Crippen LogP contribution is -1.98. The fraction of sp³-hybridized carbons (Fsp3) is 0. The zero-order valence-corrected chi connectivity index (χ0v) is 28.5. The molecule has 5 heteroatoms. The Morgan fingerprint density at radius 2 is 1.16 bits per heavy atom. The molecule has 0 spiro atoms. The van der Waals surface area contributed by atoms with Crippen molar-refractivity contribution >= 4 is 80.0 Å². The van der Waals surface area contributed by atoms with Crippen molar-refractivity contribution < 1.29 is 0 Å². The van der Waals surface area contributed by atoms with Crippen LogP contribution in [0.25, 0.3) is 92.3 Å². The van der Waals surface area contributed by atoms with Crippen LogP contribution in [-0.2, 0) is 0 Å². The molecule has 10 rings (SSSR count). The number of rotatable bonds is 4. The summed E-state index contributed by atoms with van der Waals surface area (Å²) in [6.07, 6.45) is 0. The van der Waals surface area contributed by atoms with Crippen LogP contribution in [0.4, 0.5) is 0 Å². The largest absolute Gasteiger partial charge is 0.307 e. The summed E-state index contributed by atoms with van der Waals surface area (Å²) in [6, 6.07) is 55.9. The molecule has 0 aliphatic heterocycles. The number of halogens is 1. The molecule has 0 radical (unpaired) electrons. The maximum atomic E-state index is 5.10. The average molecular weight is 709 g/mol. The number of benzene rings is 7. The maximum absolute atomic E-state index is 5.10. The van der Waals surface area contributed by atoms with E-state index in [2.05, 4.69) is 142 Å². The van der Waals surface area contributed by atoms with Gasteiger partial charge in [0.2, 0.25) is 0 Å². The molecule has 49 heavy (non-hydrogen) atoms. The highest BCUT2D eigenvalue weighted by molar-refractivity contribution is 9.10. The molecule has 0 atom stereocenters. The molecule has 0 N–H and O–H groups in total. The summed E-state index contributed by atoms with van der Waals surface area (Å²) >= 11 is 5.90. The van der Waals surface area contributed by atoms with Crippen molar-refractivity contribution in [2.45, 2.75) is 0 Å². The topological polar surface area (TPSA) is 30.7 Å². The van der Waals surface area contributed by atoms with Gasteiger partial charge in [-0.25, -0.2) is 9.97 Å². The van der Waals surface area contributed by atoms with Gasteiger partial charge < -0.3 is 4.57 Å². The zero-order valence-electron chi connectivity index (χ0n) is 26.1. The summed E-state index contributed by atoms with van der Waals surface area (Å²) in [7, 11) is 0. The highest BCUT2D eigenvalue weighted by Gasteiger charge is 2.21. The van der Waals surface area contributed by atoms with Gasteiger partial charge in [-0.1, -0.05) is 115 Å². The van der Waals surface area contributed by atoms with Crippen molar-refractivity contribution in [1.82, 2.24) is 14.5 Å². The van der Waals surface area contributed by atoms with Crippen LogP contribution in [0.2, 0.25) is 0 Å². The number of hydrogen-bond acceptors (Lipinski definition) is 3. The summed E-state index contributed by atoms with van der Waals surface area (Å²) in [5.74, 6) is 0.687. The number of hydrogen-bond donors (Lipinski definition) is 0. The first kappa shape index (κ1) is 28.4. The molecule has 0 unspecified atom stereocenters. The van der Waals surface area contributed by atoms with Gasteiger partial charge in [-0.05, 0) is 69.2 Å². The Morgan fingerprint density at radius 1 is 0.490 bits per heavy atom. The molecule has 0 saturated carbocycles. The normalized spacial score (nSPS) is 11.8. The summed E-state index contributed by atoms with van der Waals surface area (Å²) in [4.78, 5) is 10.2. The van der Waals surface area contributed by atoms with E-state index in [1.807, 2.05) is 47.7 Å². The molecule has 7 aromatic carbocycles. The second-order valence-electron chi connectivity index (χ2n) is 12.3. The lowest BCUT2D eigenvalue weighted by Gasteiger charge is -2.14. The maximum Gasteiger partial charge on any atom is 0.160 e. The monoisotopic (exact) mass is 707 g/mol. The van der Waals surface area contributed by atoms with Gasteiger partial charge in [0.1, 0.15) is 0 Å². The van der Waals surface area contributed by atoms with E-state index in [-0.39, 0.29) is 0 Å². The molecule has 0 saturated heterocycles. The van der Waals surface area contributed by atoms with E-state index in [1.54, 1.807) is 0 Å². The van der Waals surface area contributed by atoms with Crippen LogP contribution >= 0.6 is 27.3 Å². The number of nitrogens with zero attached hydrogens (tertiary/aromatic N) is 3. The molecule has 3 aromatic heterocycles. The number of aromatic nitrogens is 3. The summed E-state index contributed by atoms with van der Waals surface area (Å²) in [5.41, 5.74) is 8.33. The smallest absolute Gasteiger partial charge is 0.160 e. The van der Waals surface area contributed by atoms with Crippen molar-refractivity contribution in [2.75, 3.05) is 0 Å². The van der Waals surface area contributed by atoms with E-state index in [9.17, 15) is 0 Å². The van der Waals surface area contributed by atoms with E-state index in [4.69, 9.17) is 9.97 Å². The van der Waals surface area contributed by atoms with E-state index >= 15 is 0 Å². The first-order chi connectivity index (χ1) is 24.2. The number of thiophene rings is 1. The average Bonchev–Trinajstić information content (AvgIpc) is 3.71. The SMILES string of the molecule is Brc1cc(-c2nc(-c3ccccc3)cc(-c3ccccc3)n2)ccc1-n1c2ccc3ccccc3c2c2ccc3sc4ccccc4c3c21. The first-order valence-corrected chi connectivity index (χ1v) is 17.9. The Bertz CT molecular complexity index is 2830. The highest BCUT2D eigenvalue weighted by atomic mass is 79.9. The highest BCUT2D eigenvalue weighted by Crippen LogP contribution is 2.45. The first-order valence-electron chi connectivity index (χ1n) is 16.3. The third kappa shape index (κ3) is 4.54. The molecule has 230 valence electrons. The van der Waals surface area contributed by atoms with Crippen molar-refractivity contribution in [3.8, 4) is 39.6 Å². The third-order valence-corrected chi connectivity index (χ3v) is 11.2. The lowest BCUT2D eigenvalue weighted by atomic mass is 10.0. The van der Waals surface area contributed by atoms with Gasteiger partial charge in [0.25, 0.3) is 0 Å². The van der Waals surface area contributed by atoms with E-state index in [0.29, 0.717) is 5.82 Å². The quantitative estimate of drug-likeness (QED) is 0.182. The third-order valence-electron chi connectivity index (χ3n) is 9.47. The lowest BCUT2D eigenvalue weighted by molar-refractivity contribution is 1.16. The number of fused-ring (bicyclic) bond motifs is 9. The van der Waals surface area contributed by atoms with Crippen LogP contribution in [0.15, 0.2) is 162 Å². The Balaban J connectivity index is 1.24. The van der Waals surface area contributed by atoms with Crippen LogP contribution in [-0.4, -0.2) is 14.5 Å². The predicted molar refractivity (Wildman–Crippen MR) is 211 cm³/mol. The van der Waals surface area contributed by atoms with Gasteiger partial charge in [0, 0.05) is 52.1 Å². The van der Waals surface area contributed by atoms with Crippen molar-refractivity contribution in [2.24, 2.45) is 0 Å². The zero-order chi connectivity index (χ0) is 32.5. The van der Waals surface area contributed by atoms with Crippen LogP contribution in [0.5, 0.6) is 0 Å². The molecule has 0 amide bonds. The summed E-state index contributed by atoms with van der Waals surface area (Å²) < 4.78 is 6.01. The summed E-state index contributed by atoms with van der Waals surface area (Å²) in [6.45, 7) is 0. The Hall–Kier alpha value is -5.62. The van der Waals surface area contributed by atoms with Gasteiger partial charge in [-0.3, -0.25) is 0 Å². The standard InChI is InChI=1S/C44H26BrN3S/c45-34-25-30(44-46-35(28-12-3-1-4-13-28)26-36(47-44)29-14-5-2-6-15-29)20-22-37(34)48-38-23-19-27-11-7-8-16-31(27)41(38)33-21-24-40-42(43(33)48)32-17-9-10-18-39(32)49-40/h1-26H. The molecule has 10 aromatic rings. The minimum Gasteiger partial charge on any atom is -0.307 e. The fourth-order valence-electron chi connectivity index (χ4n) is 7.25. The molecule has 3 nitrogen and oxygen atoms in total. The molecule has 0 aliphatic carbocycles. The van der Waals surface area contributed by atoms with E-state index in [1.165, 1.54) is 52.8 Å². The van der Waals surface area contributed by atoms with E-state index < -0.39 is 0 Å². The molecule has 0 aliphatic rings. The molecule has 0 bridgehead atoms. The Kier molecular flexibility index (Phi) is 6.51. The van der Waals surface area contributed by atoms with Gasteiger partial charge in [0.05, 0.1) is 28.1 Å². The fourth-order valence-corrected chi connectivity index (χ4v) is 8.91. The summed E-state index contributed by atoms with van der Waals surface area (Å²) in [5, 5.41) is 7.60. The van der Waals surface area contributed by atoms with Crippen LogP contribution in [0.3, 0.4) is 0 Å². The predicted octanol–water partition coefficient (Wildman–Crippen LogP) is 12.9. The van der Waals surface area contributed by atoms with Crippen molar-refractivity contribution in [1.29, 1.82) is 0 Å². The van der Waals surface area contributed by atoms with Gasteiger partial charge in [-0.2, -0.15) is 0 Å². The molecular formula is C44H26BrN3S. The Labute approximate surface area is 294 Å². The van der Waals surface area contributed by atoms with Gasteiger partial charge in [0.15, 0.2) is 5.82 Å². The van der Waals surface area contributed by atoms with E-state index in [0.717, 1.165) is 38.2 Å². The second-order valence-corrected chi connectivity index (χ2v) is 14.2. The van der Waals surface area contributed by atoms with Crippen molar-refractivity contribution in [3.63, 3.8) is 0 Å². The molecule has 3 heterocycles. The minimum absolute atomic E-state index is 0.687. The Morgan fingerprint density at radius 3 is 1.90 bits per heavy atom. The second kappa shape index (κ2) is 11.2. The van der Waals surface area contributed by atoms with Crippen LogP contribution < -0.4 is 0 Å². The van der Waals surface area contributed by atoms with Gasteiger partial charge >= 0.3 is 0 Å². The molecular weight excluding hydrogens is 682 g/mol. The van der Waals surface area contributed by atoms with Crippen LogP contribution in [0.1, 0.15) is 0 Å².